The van der Waals surface area contributed by atoms with Crippen LogP contribution < -0.4 is 5.32 Å². The average molecular weight is 441 g/mol. The Kier molecular flexibility index (Phi) is 6.30. The second-order valence-corrected chi connectivity index (χ2v) is 10.0. The van der Waals surface area contributed by atoms with Crippen LogP contribution in [-0.4, -0.2) is 61.3 Å². The van der Waals surface area contributed by atoms with Crippen molar-refractivity contribution in [2.24, 2.45) is 17.8 Å². The van der Waals surface area contributed by atoms with Crippen molar-refractivity contribution in [3.05, 3.63) is 6.33 Å². The van der Waals surface area contributed by atoms with Crippen molar-refractivity contribution in [3.63, 3.8) is 0 Å². The summed E-state index contributed by atoms with van der Waals surface area (Å²) in [6.07, 6.45) is 2.49. The van der Waals surface area contributed by atoms with Crippen molar-refractivity contribution in [1.29, 1.82) is 0 Å². The molecule has 0 spiro atoms. The second-order valence-electron chi connectivity index (χ2n) is 8.70. The highest BCUT2D eigenvalue weighted by molar-refractivity contribution is 8.01. The van der Waals surface area contributed by atoms with Crippen LogP contribution in [0.25, 0.3) is 0 Å². The lowest BCUT2D eigenvalue weighted by molar-refractivity contribution is -0.148. The Hall–Kier alpha value is -2.30. The van der Waals surface area contributed by atoms with Crippen LogP contribution in [0.1, 0.15) is 47.0 Å². The standard InChI is InChI=1S/C19H28N4O6S/c1-5-6-7-28-15(26)19(30-16-20-9-21-23-16)8-10(11-12(13(11)19)14(24)25)22-17(27)29-18(2,3)4/h9-13H,5-8H2,1-4H3,(H,22,27)(H,24,25)(H,20,21,23)/t10-,11+,12+,13+,19-/m0/s1. The van der Waals surface area contributed by atoms with Crippen molar-refractivity contribution in [3.8, 4) is 0 Å². The number of carbonyl (C=O) groups excluding carboxylic acids is 2. The number of amides is 1. The number of alkyl carbamates (subject to hydrolysis) is 1. The molecule has 3 N–H and O–H groups in total. The van der Waals surface area contributed by atoms with Crippen LogP contribution in [0.3, 0.4) is 0 Å². The Morgan fingerprint density at radius 2 is 2.13 bits per heavy atom. The molecule has 0 radical (unpaired) electrons. The SMILES string of the molecule is CCCCOC(=O)[C@]1(Sc2ncn[nH]2)C[C@H](NC(=O)OC(C)(C)C)[C@@H]2[C@@H](C(=O)O)[C@@H]21. The van der Waals surface area contributed by atoms with Crippen molar-refractivity contribution in [2.75, 3.05) is 6.61 Å². The maximum Gasteiger partial charge on any atom is 0.407 e. The number of carboxylic acid groups (broad SMARTS) is 1. The molecule has 30 heavy (non-hydrogen) atoms. The molecule has 2 aliphatic carbocycles. The number of fused-ring (bicyclic) bond motifs is 1. The largest absolute Gasteiger partial charge is 0.481 e. The van der Waals surface area contributed by atoms with Gasteiger partial charge in [0.05, 0.1) is 12.5 Å². The van der Waals surface area contributed by atoms with Gasteiger partial charge in [0, 0.05) is 12.0 Å². The third-order valence-electron chi connectivity index (χ3n) is 5.34. The molecule has 1 amide bonds. The van der Waals surface area contributed by atoms with E-state index >= 15 is 0 Å². The molecular weight excluding hydrogens is 412 g/mol. The molecule has 5 atom stereocenters. The number of esters is 1. The summed E-state index contributed by atoms with van der Waals surface area (Å²) in [6.45, 7) is 7.48. The van der Waals surface area contributed by atoms with E-state index < -0.39 is 46.3 Å². The number of hydrogen-bond donors (Lipinski definition) is 3. The average Bonchev–Trinajstić information content (AvgIpc) is 3.05. The number of nitrogens with zero attached hydrogens (tertiary/aromatic N) is 2. The van der Waals surface area contributed by atoms with Gasteiger partial charge in [-0.2, -0.15) is 5.10 Å². The number of ether oxygens (including phenoxy) is 2. The molecule has 1 aromatic rings. The van der Waals surface area contributed by atoms with Crippen molar-refractivity contribution < 1.29 is 29.0 Å². The predicted molar refractivity (Wildman–Crippen MR) is 107 cm³/mol. The molecule has 1 aromatic heterocycles. The summed E-state index contributed by atoms with van der Waals surface area (Å²) >= 11 is 1.13. The van der Waals surface area contributed by atoms with Gasteiger partial charge in [0.1, 0.15) is 16.7 Å². The zero-order valence-electron chi connectivity index (χ0n) is 17.5. The normalized spacial score (nSPS) is 29.7. The molecule has 3 rings (SSSR count). The van der Waals surface area contributed by atoms with Gasteiger partial charge in [-0.05, 0) is 39.5 Å². The van der Waals surface area contributed by atoms with Crippen LogP contribution in [0, 0.1) is 17.8 Å². The molecule has 166 valence electrons. The summed E-state index contributed by atoms with van der Waals surface area (Å²) < 4.78 is 9.67. The molecule has 2 fully saturated rings. The van der Waals surface area contributed by atoms with Gasteiger partial charge in [0.25, 0.3) is 0 Å². The fourth-order valence-corrected chi connectivity index (χ4v) is 5.57. The first kappa shape index (κ1) is 22.4. The Labute approximate surface area is 178 Å². The van der Waals surface area contributed by atoms with E-state index in [4.69, 9.17) is 9.47 Å². The van der Waals surface area contributed by atoms with E-state index in [2.05, 4.69) is 20.5 Å². The van der Waals surface area contributed by atoms with Crippen LogP contribution in [0.15, 0.2) is 11.5 Å². The lowest BCUT2D eigenvalue weighted by Gasteiger charge is -2.30. The first-order chi connectivity index (χ1) is 14.1. The van der Waals surface area contributed by atoms with Gasteiger partial charge in [0.15, 0.2) is 5.16 Å². The van der Waals surface area contributed by atoms with Crippen LogP contribution in [0.4, 0.5) is 4.79 Å². The van der Waals surface area contributed by atoms with Gasteiger partial charge in [-0.3, -0.25) is 14.7 Å². The van der Waals surface area contributed by atoms with Crippen molar-refractivity contribution in [2.45, 2.75) is 68.5 Å². The monoisotopic (exact) mass is 440 g/mol. The van der Waals surface area contributed by atoms with E-state index in [9.17, 15) is 19.5 Å². The van der Waals surface area contributed by atoms with Gasteiger partial charge in [0.2, 0.25) is 0 Å². The minimum Gasteiger partial charge on any atom is -0.481 e. The Morgan fingerprint density at radius 1 is 1.40 bits per heavy atom. The second kappa shape index (κ2) is 8.44. The van der Waals surface area contributed by atoms with Crippen LogP contribution >= 0.6 is 11.8 Å². The van der Waals surface area contributed by atoms with Gasteiger partial charge in [-0.1, -0.05) is 25.1 Å². The summed E-state index contributed by atoms with van der Waals surface area (Å²) in [5.74, 6) is -3.11. The quantitative estimate of drug-likeness (QED) is 0.409. The topological polar surface area (TPSA) is 144 Å². The number of rotatable bonds is 8. The molecule has 0 saturated heterocycles. The van der Waals surface area contributed by atoms with E-state index in [0.717, 1.165) is 18.2 Å². The highest BCUT2D eigenvalue weighted by Gasteiger charge is 2.76. The lowest BCUT2D eigenvalue weighted by atomic mass is 9.96. The fraction of sp³-hybridized carbons (Fsp3) is 0.737. The molecule has 2 saturated carbocycles. The third-order valence-corrected chi connectivity index (χ3v) is 6.70. The smallest absolute Gasteiger partial charge is 0.407 e. The summed E-state index contributed by atoms with van der Waals surface area (Å²) in [6, 6.07) is -0.528. The van der Waals surface area contributed by atoms with E-state index in [0.29, 0.717) is 11.6 Å². The summed E-state index contributed by atoms with van der Waals surface area (Å²) in [5, 5.41) is 19.4. The number of carboxylic acids is 1. The maximum absolute atomic E-state index is 13.2. The van der Waals surface area contributed by atoms with Crippen molar-refractivity contribution in [1.82, 2.24) is 20.5 Å². The first-order valence-electron chi connectivity index (χ1n) is 10.0. The number of H-pyrrole nitrogens is 1. The molecular formula is C19H28N4O6S. The first-order valence-corrected chi connectivity index (χ1v) is 10.8. The number of hydrogen-bond acceptors (Lipinski definition) is 8. The molecule has 0 aromatic carbocycles. The number of aromatic amines is 1. The summed E-state index contributed by atoms with van der Waals surface area (Å²) in [5.41, 5.74) is -0.692. The highest BCUT2D eigenvalue weighted by atomic mass is 32.2. The van der Waals surface area contributed by atoms with Gasteiger partial charge in [-0.25, -0.2) is 9.78 Å². The van der Waals surface area contributed by atoms with E-state index in [1.165, 1.54) is 6.33 Å². The summed E-state index contributed by atoms with van der Waals surface area (Å²) in [7, 11) is 0. The Balaban J connectivity index is 1.86. The minimum atomic E-state index is -1.18. The van der Waals surface area contributed by atoms with Gasteiger partial charge >= 0.3 is 18.0 Å². The zero-order valence-corrected chi connectivity index (χ0v) is 18.3. The molecule has 10 nitrogen and oxygen atoms in total. The molecule has 0 bridgehead atoms. The summed E-state index contributed by atoms with van der Waals surface area (Å²) in [4.78, 5) is 41.5. The molecule has 0 aliphatic heterocycles. The molecule has 11 heteroatoms. The molecule has 0 unspecified atom stereocenters. The maximum atomic E-state index is 13.2. The fourth-order valence-electron chi connectivity index (χ4n) is 4.18. The number of unbranched alkanes of at least 4 members (excludes halogenated alkanes) is 1. The zero-order chi connectivity index (χ0) is 22.1. The van der Waals surface area contributed by atoms with E-state index in [1.54, 1.807) is 20.8 Å². The minimum absolute atomic E-state index is 0.224. The highest BCUT2D eigenvalue weighted by Crippen LogP contribution is 2.67. The molecule has 1 heterocycles. The van der Waals surface area contributed by atoms with E-state index in [1.807, 2.05) is 6.92 Å². The van der Waals surface area contributed by atoms with Gasteiger partial charge in [-0.15, -0.1) is 0 Å². The number of nitrogens with one attached hydrogen (secondary N) is 2. The van der Waals surface area contributed by atoms with Gasteiger partial charge < -0.3 is 19.9 Å². The molecule has 2 aliphatic rings. The number of aliphatic carboxylic acids is 1. The predicted octanol–water partition coefficient (Wildman–Crippen LogP) is 2.22. The Morgan fingerprint density at radius 3 is 2.70 bits per heavy atom. The van der Waals surface area contributed by atoms with E-state index in [-0.39, 0.29) is 18.9 Å². The van der Waals surface area contributed by atoms with Crippen molar-refractivity contribution >= 4 is 29.8 Å². The number of carbonyl (C=O) groups is 3. The number of thioether (sulfide) groups is 1. The van der Waals surface area contributed by atoms with Crippen LogP contribution in [0.2, 0.25) is 0 Å². The third kappa shape index (κ3) is 4.55. The van der Waals surface area contributed by atoms with Crippen LogP contribution in [-0.2, 0) is 19.1 Å². The number of aromatic nitrogens is 3. The lowest BCUT2D eigenvalue weighted by Crippen LogP contribution is -2.45. The Bertz CT molecular complexity index is 795. The van der Waals surface area contributed by atoms with Crippen LogP contribution in [0.5, 0.6) is 0 Å².